The molecule has 0 saturated heterocycles. The first-order chi connectivity index (χ1) is 9.45. The van der Waals surface area contributed by atoms with Gasteiger partial charge in [-0.3, -0.25) is 0 Å². The van der Waals surface area contributed by atoms with E-state index in [1.54, 1.807) is 6.20 Å². The Bertz CT molecular complexity index is 604. The maximum Gasteiger partial charge on any atom is 0.393 e. The summed E-state index contributed by atoms with van der Waals surface area (Å²) >= 11 is 0. The fourth-order valence-electron chi connectivity index (χ4n) is 2.58. The van der Waals surface area contributed by atoms with Crippen molar-refractivity contribution >= 4 is 0 Å². The molecule has 1 aliphatic rings. The SMILES string of the molecule is NC1CC(C(F)(F)F)Cn2cc(-c3ccccc3)nc21. The Morgan fingerprint density at radius 3 is 2.55 bits per heavy atom. The second-order valence-corrected chi connectivity index (χ2v) is 5.08. The highest BCUT2D eigenvalue weighted by Crippen LogP contribution is 2.38. The fraction of sp³-hybridized carbons (Fsp3) is 0.357. The third kappa shape index (κ3) is 2.31. The van der Waals surface area contributed by atoms with Crippen molar-refractivity contribution in [1.82, 2.24) is 9.55 Å². The molecule has 1 aromatic carbocycles. The van der Waals surface area contributed by atoms with Crippen LogP contribution in [0.3, 0.4) is 0 Å². The number of imidazole rings is 1. The average Bonchev–Trinajstić information content (AvgIpc) is 2.83. The van der Waals surface area contributed by atoms with Crippen LogP contribution in [0.1, 0.15) is 18.3 Å². The van der Waals surface area contributed by atoms with Gasteiger partial charge in [-0.25, -0.2) is 4.98 Å². The number of fused-ring (bicyclic) bond motifs is 1. The van der Waals surface area contributed by atoms with E-state index in [4.69, 9.17) is 5.73 Å². The van der Waals surface area contributed by atoms with E-state index >= 15 is 0 Å². The Labute approximate surface area is 114 Å². The van der Waals surface area contributed by atoms with Gasteiger partial charge >= 0.3 is 6.18 Å². The number of halogens is 3. The molecule has 0 bridgehead atoms. The molecule has 2 heterocycles. The highest BCUT2D eigenvalue weighted by Gasteiger charge is 2.43. The van der Waals surface area contributed by atoms with Crippen molar-refractivity contribution < 1.29 is 13.2 Å². The third-order valence-corrected chi connectivity index (χ3v) is 3.63. The van der Waals surface area contributed by atoms with Crippen molar-refractivity contribution in [2.75, 3.05) is 0 Å². The predicted molar refractivity (Wildman–Crippen MR) is 68.8 cm³/mol. The molecule has 6 heteroatoms. The van der Waals surface area contributed by atoms with E-state index in [-0.39, 0.29) is 13.0 Å². The van der Waals surface area contributed by atoms with E-state index in [1.807, 2.05) is 30.3 Å². The molecule has 1 aromatic heterocycles. The molecule has 0 saturated carbocycles. The topological polar surface area (TPSA) is 43.8 Å². The van der Waals surface area contributed by atoms with Gasteiger partial charge in [-0.15, -0.1) is 0 Å². The van der Waals surface area contributed by atoms with E-state index in [2.05, 4.69) is 4.98 Å². The molecule has 0 radical (unpaired) electrons. The molecule has 0 spiro atoms. The van der Waals surface area contributed by atoms with Crippen LogP contribution in [0, 0.1) is 5.92 Å². The van der Waals surface area contributed by atoms with Crippen molar-refractivity contribution in [2.45, 2.75) is 25.2 Å². The van der Waals surface area contributed by atoms with Crippen molar-refractivity contribution in [1.29, 1.82) is 0 Å². The summed E-state index contributed by atoms with van der Waals surface area (Å²) in [6.45, 7) is -0.105. The van der Waals surface area contributed by atoms with Crippen molar-refractivity contribution in [2.24, 2.45) is 11.7 Å². The van der Waals surface area contributed by atoms with Crippen molar-refractivity contribution in [3.63, 3.8) is 0 Å². The van der Waals surface area contributed by atoms with Crippen LogP contribution in [0.2, 0.25) is 0 Å². The summed E-state index contributed by atoms with van der Waals surface area (Å²) in [6.07, 6.45) is -2.66. The summed E-state index contributed by atoms with van der Waals surface area (Å²) in [5.74, 6) is -0.868. The standard InChI is InChI=1S/C14H14F3N3/c15-14(16,17)10-6-11(18)13-19-12(8-20(13)7-10)9-4-2-1-3-5-9/h1-5,8,10-11H,6-7,18H2. The van der Waals surface area contributed by atoms with Crippen LogP contribution in [0.25, 0.3) is 11.3 Å². The molecule has 2 N–H and O–H groups in total. The zero-order chi connectivity index (χ0) is 14.3. The lowest BCUT2D eigenvalue weighted by atomic mass is 9.95. The van der Waals surface area contributed by atoms with Crippen molar-refractivity contribution in [3.8, 4) is 11.3 Å². The van der Waals surface area contributed by atoms with Crippen LogP contribution in [-0.4, -0.2) is 15.7 Å². The third-order valence-electron chi connectivity index (χ3n) is 3.63. The summed E-state index contributed by atoms with van der Waals surface area (Å²) in [5, 5.41) is 0. The van der Waals surface area contributed by atoms with Crippen LogP contribution in [-0.2, 0) is 6.54 Å². The van der Waals surface area contributed by atoms with Gasteiger partial charge in [0.2, 0.25) is 0 Å². The van der Waals surface area contributed by atoms with E-state index in [0.29, 0.717) is 11.5 Å². The maximum atomic E-state index is 12.8. The number of hydrogen-bond acceptors (Lipinski definition) is 2. The van der Waals surface area contributed by atoms with E-state index in [9.17, 15) is 13.2 Å². The summed E-state index contributed by atoms with van der Waals surface area (Å²) in [7, 11) is 0. The number of nitrogens with two attached hydrogens (primary N) is 1. The van der Waals surface area contributed by atoms with Gasteiger partial charge in [0, 0.05) is 18.3 Å². The van der Waals surface area contributed by atoms with E-state index in [0.717, 1.165) is 5.56 Å². The molecule has 0 fully saturated rings. The monoisotopic (exact) mass is 281 g/mol. The second kappa shape index (κ2) is 4.63. The number of aromatic nitrogens is 2. The number of hydrogen-bond donors (Lipinski definition) is 1. The molecule has 2 unspecified atom stereocenters. The van der Waals surface area contributed by atoms with Crippen LogP contribution in [0.4, 0.5) is 13.2 Å². The van der Waals surface area contributed by atoms with Crippen LogP contribution < -0.4 is 5.73 Å². The first-order valence-corrected chi connectivity index (χ1v) is 6.40. The zero-order valence-electron chi connectivity index (χ0n) is 10.6. The van der Waals surface area contributed by atoms with E-state index in [1.165, 1.54) is 4.57 Å². The largest absolute Gasteiger partial charge is 0.393 e. The highest BCUT2D eigenvalue weighted by atomic mass is 19.4. The van der Waals surface area contributed by atoms with Crippen LogP contribution in [0.5, 0.6) is 0 Å². The molecular formula is C14H14F3N3. The zero-order valence-corrected chi connectivity index (χ0v) is 10.6. The summed E-state index contributed by atoms with van der Waals surface area (Å²) in [5.41, 5.74) is 7.39. The highest BCUT2D eigenvalue weighted by molar-refractivity contribution is 5.58. The molecule has 2 aromatic rings. The molecule has 3 nitrogen and oxygen atoms in total. The Balaban J connectivity index is 1.96. The Kier molecular flexibility index (Phi) is 3.05. The van der Waals surface area contributed by atoms with Gasteiger partial charge in [0.25, 0.3) is 0 Å². The molecule has 0 amide bonds. The minimum Gasteiger partial charge on any atom is -0.332 e. The van der Waals surface area contributed by atoms with Gasteiger partial charge in [0.1, 0.15) is 5.82 Å². The molecule has 106 valence electrons. The molecule has 2 atom stereocenters. The van der Waals surface area contributed by atoms with Crippen LogP contribution in [0.15, 0.2) is 36.5 Å². The summed E-state index contributed by atoms with van der Waals surface area (Å²) in [4.78, 5) is 4.39. The molecule has 1 aliphatic heterocycles. The lowest BCUT2D eigenvalue weighted by Crippen LogP contribution is -2.36. The van der Waals surface area contributed by atoms with Gasteiger partial charge in [0.15, 0.2) is 0 Å². The normalized spacial score (nSPS) is 22.6. The molecular weight excluding hydrogens is 267 g/mol. The van der Waals surface area contributed by atoms with Crippen LogP contribution >= 0.6 is 0 Å². The number of rotatable bonds is 1. The lowest BCUT2D eigenvalue weighted by Gasteiger charge is -2.29. The molecule has 3 rings (SSSR count). The number of benzene rings is 1. The van der Waals surface area contributed by atoms with Crippen molar-refractivity contribution in [3.05, 3.63) is 42.4 Å². The smallest absolute Gasteiger partial charge is 0.332 e. The minimum absolute atomic E-state index is 0.102. The molecule has 20 heavy (non-hydrogen) atoms. The first-order valence-electron chi connectivity index (χ1n) is 6.40. The average molecular weight is 281 g/mol. The van der Waals surface area contributed by atoms with Gasteiger partial charge in [-0.2, -0.15) is 13.2 Å². The van der Waals surface area contributed by atoms with Gasteiger partial charge in [-0.05, 0) is 6.42 Å². The summed E-state index contributed by atoms with van der Waals surface area (Å²) in [6, 6.07) is 8.69. The van der Waals surface area contributed by atoms with E-state index < -0.39 is 18.1 Å². The quantitative estimate of drug-likeness (QED) is 0.872. The Morgan fingerprint density at radius 1 is 1.20 bits per heavy atom. The number of alkyl halides is 3. The van der Waals surface area contributed by atoms with Gasteiger partial charge in [-0.1, -0.05) is 30.3 Å². The maximum absolute atomic E-state index is 12.8. The fourth-order valence-corrected chi connectivity index (χ4v) is 2.58. The van der Waals surface area contributed by atoms with Gasteiger partial charge in [0.05, 0.1) is 17.7 Å². The Morgan fingerprint density at radius 2 is 1.90 bits per heavy atom. The number of nitrogens with zero attached hydrogens (tertiary/aromatic N) is 2. The predicted octanol–water partition coefficient (Wildman–Crippen LogP) is 3.13. The second-order valence-electron chi connectivity index (χ2n) is 5.08. The summed E-state index contributed by atoms with van der Waals surface area (Å²) < 4.78 is 40.1. The van der Waals surface area contributed by atoms with Gasteiger partial charge < -0.3 is 10.3 Å². The Hall–Kier alpha value is -1.82. The minimum atomic E-state index is -4.22. The lowest BCUT2D eigenvalue weighted by molar-refractivity contribution is -0.184. The first kappa shape index (κ1) is 13.2. The molecule has 0 aliphatic carbocycles.